The van der Waals surface area contributed by atoms with Crippen LogP contribution < -0.4 is 5.32 Å². The van der Waals surface area contributed by atoms with Gasteiger partial charge in [0.25, 0.3) is 5.91 Å². The summed E-state index contributed by atoms with van der Waals surface area (Å²) in [6.45, 7) is -0.694. The van der Waals surface area contributed by atoms with E-state index < -0.39 is 35.2 Å². The molecule has 132 valence electrons. The standard InChI is InChI=1S/C14H8Cl2F3N3O3/c15-9-3-8(14(17,18)19)5-21-12(9)22-11(23)6-25-13(24)7-1-2-10(16)20-4-7/h1-5H,6H2,(H,21,22,23). The molecule has 2 aromatic rings. The number of hydrogen-bond donors (Lipinski definition) is 1. The average Bonchev–Trinajstić information content (AvgIpc) is 2.54. The van der Waals surface area contributed by atoms with E-state index in [0.29, 0.717) is 12.3 Å². The number of nitrogens with one attached hydrogen (secondary N) is 1. The molecule has 0 atom stereocenters. The minimum Gasteiger partial charge on any atom is -0.452 e. The molecule has 0 bridgehead atoms. The Morgan fingerprint density at radius 2 is 1.88 bits per heavy atom. The number of nitrogens with zero attached hydrogens (tertiary/aromatic N) is 2. The molecule has 1 N–H and O–H groups in total. The van der Waals surface area contributed by atoms with Crippen LogP contribution in [-0.2, 0) is 15.7 Å². The monoisotopic (exact) mass is 393 g/mol. The lowest BCUT2D eigenvalue weighted by Crippen LogP contribution is -2.22. The smallest absolute Gasteiger partial charge is 0.417 e. The third kappa shape index (κ3) is 5.30. The molecule has 0 aromatic carbocycles. The van der Waals surface area contributed by atoms with Crippen molar-refractivity contribution in [2.24, 2.45) is 0 Å². The number of rotatable bonds is 4. The highest BCUT2D eigenvalue weighted by Gasteiger charge is 2.31. The highest BCUT2D eigenvalue weighted by molar-refractivity contribution is 6.33. The van der Waals surface area contributed by atoms with Crippen molar-refractivity contribution in [3.8, 4) is 0 Å². The highest BCUT2D eigenvalue weighted by Crippen LogP contribution is 2.32. The van der Waals surface area contributed by atoms with Gasteiger partial charge >= 0.3 is 12.1 Å². The van der Waals surface area contributed by atoms with Gasteiger partial charge in [-0.2, -0.15) is 13.2 Å². The van der Waals surface area contributed by atoms with E-state index in [4.69, 9.17) is 27.9 Å². The number of aromatic nitrogens is 2. The molecule has 0 fully saturated rings. The molecule has 11 heteroatoms. The number of alkyl halides is 3. The van der Waals surface area contributed by atoms with Crippen LogP contribution in [0.25, 0.3) is 0 Å². The number of anilines is 1. The molecule has 0 aliphatic rings. The fourth-order valence-electron chi connectivity index (χ4n) is 1.56. The van der Waals surface area contributed by atoms with Crippen LogP contribution in [0.3, 0.4) is 0 Å². The molecule has 2 rings (SSSR count). The van der Waals surface area contributed by atoms with Crippen molar-refractivity contribution in [1.29, 1.82) is 0 Å². The zero-order valence-electron chi connectivity index (χ0n) is 12.1. The van der Waals surface area contributed by atoms with Crippen molar-refractivity contribution in [1.82, 2.24) is 9.97 Å². The van der Waals surface area contributed by atoms with E-state index in [0.717, 1.165) is 6.20 Å². The van der Waals surface area contributed by atoms with Gasteiger partial charge in [-0.05, 0) is 18.2 Å². The van der Waals surface area contributed by atoms with Crippen LogP contribution in [0.1, 0.15) is 15.9 Å². The molecule has 6 nitrogen and oxygen atoms in total. The first kappa shape index (κ1) is 18.9. The summed E-state index contributed by atoms with van der Waals surface area (Å²) in [5.41, 5.74) is -0.986. The Kier molecular flexibility index (Phi) is 5.81. The van der Waals surface area contributed by atoms with Crippen molar-refractivity contribution in [3.63, 3.8) is 0 Å². The molecular weight excluding hydrogens is 386 g/mol. The van der Waals surface area contributed by atoms with Crippen molar-refractivity contribution < 1.29 is 27.5 Å². The fourth-order valence-corrected chi connectivity index (χ4v) is 1.89. The zero-order chi connectivity index (χ0) is 18.6. The molecule has 0 unspecified atom stereocenters. The van der Waals surface area contributed by atoms with E-state index in [2.05, 4.69) is 15.3 Å². The van der Waals surface area contributed by atoms with Gasteiger partial charge in [-0.15, -0.1) is 0 Å². The first-order chi connectivity index (χ1) is 11.7. The van der Waals surface area contributed by atoms with Crippen LogP contribution in [0.5, 0.6) is 0 Å². The number of pyridine rings is 2. The molecule has 0 aliphatic heterocycles. The summed E-state index contributed by atoms with van der Waals surface area (Å²) in [4.78, 5) is 30.5. The van der Waals surface area contributed by atoms with Crippen LogP contribution in [0, 0.1) is 0 Å². The summed E-state index contributed by atoms with van der Waals surface area (Å²) >= 11 is 11.2. The Bertz CT molecular complexity index is 798. The summed E-state index contributed by atoms with van der Waals surface area (Å²) in [5.74, 6) is -1.95. The lowest BCUT2D eigenvalue weighted by molar-refractivity contribution is -0.137. The first-order valence-corrected chi connectivity index (χ1v) is 7.23. The molecule has 0 aliphatic carbocycles. The van der Waals surface area contributed by atoms with Crippen molar-refractivity contribution in [2.45, 2.75) is 6.18 Å². The van der Waals surface area contributed by atoms with Crippen molar-refractivity contribution >= 4 is 40.9 Å². The normalized spacial score (nSPS) is 11.1. The van der Waals surface area contributed by atoms with Crippen LogP contribution in [0.4, 0.5) is 19.0 Å². The molecule has 2 aromatic heterocycles. The van der Waals surface area contributed by atoms with Gasteiger partial charge in [0.05, 0.1) is 16.1 Å². The third-order valence-corrected chi connectivity index (χ3v) is 3.24. The Labute approximate surface area is 148 Å². The Morgan fingerprint density at radius 1 is 1.16 bits per heavy atom. The van der Waals surface area contributed by atoms with Crippen LogP contribution in [0.2, 0.25) is 10.2 Å². The van der Waals surface area contributed by atoms with Crippen LogP contribution >= 0.6 is 23.2 Å². The topological polar surface area (TPSA) is 81.2 Å². The van der Waals surface area contributed by atoms with E-state index >= 15 is 0 Å². The van der Waals surface area contributed by atoms with Gasteiger partial charge in [-0.25, -0.2) is 14.8 Å². The molecule has 0 saturated heterocycles. The summed E-state index contributed by atoms with van der Waals surface area (Å²) in [6, 6.07) is 3.34. The molecule has 2 heterocycles. The lowest BCUT2D eigenvalue weighted by atomic mass is 10.3. The predicted octanol–water partition coefficient (Wildman–Crippen LogP) is 3.60. The second-order valence-electron chi connectivity index (χ2n) is 4.55. The number of carbonyl (C=O) groups excluding carboxylic acids is 2. The summed E-state index contributed by atoms with van der Waals surface area (Å²) in [6.07, 6.45) is -2.93. The van der Waals surface area contributed by atoms with Gasteiger partial charge in [0.15, 0.2) is 12.4 Å². The lowest BCUT2D eigenvalue weighted by Gasteiger charge is -2.10. The molecule has 25 heavy (non-hydrogen) atoms. The van der Waals surface area contributed by atoms with Crippen LogP contribution in [-0.4, -0.2) is 28.5 Å². The fraction of sp³-hybridized carbons (Fsp3) is 0.143. The summed E-state index contributed by atoms with van der Waals surface area (Å²) in [5, 5.41) is 1.91. The first-order valence-electron chi connectivity index (χ1n) is 6.48. The Balaban J connectivity index is 1.94. The maximum atomic E-state index is 12.5. The number of hydrogen-bond acceptors (Lipinski definition) is 5. The highest BCUT2D eigenvalue weighted by atomic mass is 35.5. The van der Waals surface area contributed by atoms with Gasteiger partial charge in [-0.3, -0.25) is 4.79 Å². The maximum absolute atomic E-state index is 12.5. The van der Waals surface area contributed by atoms with Gasteiger partial charge in [0.2, 0.25) is 0 Å². The maximum Gasteiger partial charge on any atom is 0.417 e. The van der Waals surface area contributed by atoms with Gasteiger partial charge < -0.3 is 10.1 Å². The number of carbonyl (C=O) groups is 2. The average molecular weight is 394 g/mol. The number of halogens is 5. The third-order valence-electron chi connectivity index (χ3n) is 2.72. The quantitative estimate of drug-likeness (QED) is 0.633. The molecule has 0 saturated carbocycles. The number of amides is 1. The minimum atomic E-state index is -4.61. The second-order valence-corrected chi connectivity index (χ2v) is 5.34. The predicted molar refractivity (Wildman–Crippen MR) is 82.4 cm³/mol. The van der Waals surface area contributed by atoms with E-state index in [-0.39, 0.29) is 16.5 Å². The molecule has 0 radical (unpaired) electrons. The van der Waals surface area contributed by atoms with Crippen LogP contribution in [0.15, 0.2) is 30.6 Å². The summed E-state index contributed by atoms with van der Waals surface area (Å²) in [7, 11) is 0. The largest absolute Gasteiger partial charge is 0.452 e. The Morgan fingerprint density at radius 3 is 2.44 bits per heavy atom. The molecular formula is C14H8Cl2F3N3O3. The zero-order valence-corrected chi connectivity index (χ0v) is 13.6. The SMILES string of the molecule is O=C(COC(=O)c1ccc(Cl)nc1)Nc1ncc(C(F)(F)F)cc1Cl. The Hall–Kier alpha value is -2.39. The van der Waals surface area contributed by atoms with E-state index in [9.17, 15) is 22.8 Å². The van der Waals surface area contributed by atoms with E-state index in [1.807, 2.05) is 0 Å². The minimum absolute atomic E-state index is 0.0721. The van der Waals surface area contributed by atoms with Crippen molar-refractivity contribution in [2.75, 3.05) is 11.9 Å². The molecule has 1 amide bonds. The second kappa shape index (κ2) is 7.66. The van der Waals surface area contributed by atoms with Gasteiger partial charge in [0, 0.05) is 12.4 Å². The number of esters is 1. The van der Waals surface area contributed by atoms with Gasteiger partial charge in [0.1, 0.15) is 5.15 Å². The summed E-state index contributed by atoms with van der Waals surface area (Å²) < 4.78 is 42.2. The van der Waals surface area contributed by atoms with Gasteiger partial charge in [-0.1, -0.05) is 23.2 Å². The van der Waals surface area contributed by atoms with Crippen molar-refractivity contribution in [3.05, 3.63) is 51.9 Å². The van der Waals surface area contributed by atoms with E-state index in [1.54, 1.807) is 0 Å². The number of ether oxygens (including phenoxy) is 1. The van der Waals surface area contributed by atoms with E-state index in [1.165, 1.54) is 12.1 Å². The molecule has 0 spiro atoms.